The van der Waals surface area contributed by atoms with Gasteiger partial charge in [-0.15, -0.1) is 11.3 Å². The minimum absolute atomic E-state index is 1.02. The molecule has 1 aromatic carbocycles. The Labute approximate surface area is 103 Å². The number of hydrogen-bond acceptors (Lipinski definition) is 3. The third-order valence-electron chi connectivity index (χ3n) is 2.41. The number of fused-ring (bicyclic) bond motifs is 1. The molecule has 3 aromatic rings. The molecule has 0 fully saturated rings. The highest BCUT2D eigenvalue weighted by molar-refractivity contribution is 7.19. The zero-order valence-corrected chi connectivity index (χ0v) is 9.89. The first kappa shape index (κ1) is 10.2. The average Bonchev–Trinajstić information content (AvgIpc) is 2.80. The van der Waals surface area contributed by atoms with Gasteiger partial charge in [-0.05, 0) is 29.8 Å². The molecule has 2 heterocycles. The van der Waals surface area contributed by atoms with E-state index in [1.165, 1.54) is 4.70 Å². The second-order valence-corrected chi connectivity index (χ2v) is 4.70. The number of nitrogens with zero attached hydrogens (tertiary/aromatic N) is 2. The first-order chi connectivity index (χ1) is 8.42. The Morgan fingerprint density at radius 3 is 2.76 bits per heavy atom. The molecule has 2 aromatic heterocycles. The Balaban J connectivity index is 1.92. The predicted molar refractivity (Wildman–Crippen MR) is 72.8 cm³/mol. The van der Waals surface area contributed by atoms with E-state index in [-0.39, 0.29) is 0 Å². The zero-order valence-electron chi connectivity index (χ0n) is 9.08. The monoisotopic (exact) mass is 238 g/mol. The molecule has 0 saturated carbocycles. The maximum absolute atomic E-state index is 4.54. The summed E-state index contributed by atoms with van der Waals surface area (Å²) in [5, 5.41) is 1.02. The molecule has 2 nitrogen and oxygen atoms in total. The lowest BCUT2D eigenvalue weighted by Gasteiger charge is -1.88. The second kappa shape index (κ2) is 4.47. The summed E-state index contributed by atoms with van der Waals surface area (Å²) in [6, 6.07) is 12.1. The van der Waals surface area contributed by atoms with Crippen LogP contribution in [0.25, 0.3) is 22.4 Å². The summed E-state index contributed by atoms with van der Waals surface area (Å²) in [6.07, 6.45) is 7.67. The van der Waals surface area contributed by atoms with Crippen molar-refractivity contribution in [2.24, 2.45) is 0 Å². The van der Waals surface area contributed by atoms with Crippen molar-refractivity contribution in [3.8, 4) is 0 Å². The topological polar surface area (TPSA) is 25.8 Å². The Kier molecular flexibility index (Phi) is 2.68. The van der Waals surface area contributed by atoms with E-state index in [0.717, 1.165) is 16.1 Å². The number of thiazole rings is 1. The quantitative estimate of drug-likeness (QED) is 0.677. The summed E-state index contributed by atoms with van der Waals surface area (Å²) in [5.74, 6) is 0. The summed E-state index contributed by atoms with van der Waals surface area (Å²) >= 11 is 1.70. The molecule has 0 saturated heterocycles. The molecule has 0 bridgehead atoms. The molecule has 0 aliphatic heterocycles. The molecule has 0 N–H and O–H groups in total. The van der Waals surface area contributed by atoms with E-state index in [1.54, 1.807) is 17.5 Å². The molecular formula is C14H10N2S. The molecule has 3 heteroatoms. The van der Waals surface area contributed by atoms with Crippen LogP contribution in [0.4, 0.5) is 0 Å². The van der Waals surface area contributed by atoms with Crippen LogP contribution in [0, 0.1) is 0 Å². The third-order valence-corrected chi connectivity index (χ3v) is 3.41. The zero-order chi connectivity index (χ0) is 11.5. The molecule has 0 radical (unpaired) electrons. The standard InChI is InChI=1S/C14H10N2S/c1-2-6-13-12(5-1)16-14(17-13)8-7-11-4-3-9-15-10-11/h1-10H/b8-7+. The summed E-state index contributed by atoms with van der Waals surface area (Å²) in [5.41, 5.74) is 2.15. The van der Waals surface area contributed by atoms with Crippen LogP contribution in [0.1, 0.15) is 10.6 Å². The largest absolute Gasteiger partial charge is 0.264 e. The van der Waals surface area contributed by atoms with Crippen molar-refractivity contribution >= 4 is 33.7 Å². The lowest BCUT2D eigenvalue weighted by atomic mass is 10.3. The Morgan fingerprint density at radius 2 is 1.94 bits per heavy atom. The molecule has 0 atom stereocenters. The molecule has 0 spiro atoms. The van der Waals surface area contributed by atoms with E-state index in [1.807, 2.05) is 48.7 Å². The Morgan fingerprint density at radius 1 is 1.00 bits per heavy atom. The lowest BCUT2D eigenvalue weighted by Crippen LogP contribution is -1.73. The van der Waals surface area contributed by atoms with Crippen molar-refractivity contribution in [3.05, 3.63) is 59.4 Å². The normalized spacial score (nSPS) is 11.3. The number of pyridine rings is 1. The molecule has 0 aliphatic carbocycles. The molecule has 0 aliphatic rings. The van der Waals surface area contributed by atoms with Crippen molar-refractivity contribution in [3.63, 3.8) is 0 Å². The number of aromatic nitrogens is 2. The summed E-state index contributed by atoms with van der Waals surface area (Å²) in [6.45, 7) is 0. The molecule has 0 unspecified atom stereocenters. The summed E-state index contributed by atoms with van der Waals surface area (Å²) in [4.78, 5) is 8.61. The van der Waals surface area contributed by atoms with Crippen LogP contribution >= 0.6 is 11.3 Å². The molecular weight excluding hydrogens is 228 g/mol. The number of hydrogen-bond donors (Lipinski definition) is 0. The van der Waals surface area contributed by atoms with Gasteiger partial charge in [-0.25, -0.2) is 4.98 Å². The van der Waals surface area contributed by atoms with Gasteiger partial charge in [-0.3, -0.25) is 4.98 Å². The van der Waals surface area contributed by atoms with Gasteiger partial charge in [0.25, 0.3) is 0 Å². The SMILES string of the molecule is C(=C\c1nc2ccccc2s1)/c1cccnc1. The Hall–Kier alpha value is -2.00. The van der Waals surface area contributed by atoms with Crippen LogP contribution in [-0.4, -0.2) is 9.97 Å². The molecule has 0 amide bonds. The summed E-state index contributed by atoms with van der Waals surface area (Å²) < 4.78 is 1.22. The number of rotatable bonds is 2. The van der Waals surface area contributed by atoms with Crippen LogP contribution in [0.3, 0.4) is 0 Å². The molecule has 82 valence electrons. The van der Waals surface area contributed by atoms with E-state index in [2.05, 4.69) is 16.0 Å². The van der Waals surface area contributed by atoms with Gasteiger partial charge in [-0.1, -0.05) is 24.3 Å². The van der Waals surface area contributed by atoms with E-state index >= 15 is 0 Å². The maximum atomic E-state index is 4.54. The van der Waals surface area contributed by atoms with Crippen molar-refractivity contribution in [1.82, 2.24) is 9.97 Å². The van der Waals surface area contributed by atoms with Gasteiger partial charge in [0.1, 0.15) is 5.01 Å². The average molecular weight is 238 g/mol. The fraction of sp³-hybridized carbons (Fsp3) is 0. The highest BCUT2D eigenvalue weighted by Gasteiger charge is 1.98. The van der Waals surface area contributed by atoms with Gasteiger partial charge >= 0.3 is 0 Å². The van der Waals surface area contributed by atoms with Gasteiger partial charge in [0.05, 0.1) is 10.2 Å². The Bertz CT molecular complexity index is 623. The second-order valence-electron chi connectivity index (χ2n) is 3.64. The van der Waals surface area contributed by atoms with Crippen LogP contribution in [0.2, 0.25) is 0 Å². The molecule has 17 heavy (non-hydrogen) atoms. The van der Waals surface area contributed by atoms with Crippen molar-refractivity contribution in [2.75, 3.05) is 0 Å². The highest BCUT2D eigenvalue weighted by Crippen LogP contribution is 2.22. The predicted octanol–water partition coefficient (Wildman–Crippen LogP) is 3.86. The third kappa shape index (κ3) is 2.24. The van der Waals surface area contributed by atoms with E-state index in [0.29, 0.717) is 0 Å². The summed E-state index contributed by atoms with van der Waals surface area (Å²) in [7, 11) is 0. The fourth-order valence-electron chi connectivity index (χ4n) is 1.60. The first-order valence-corrected chi connectivity index (χ1v) is 6.17. The van der Waals surface area contributed by atoms with Gasteiger partial charge in [-0.2, -0.15) is 0 Å². The first-order valence-electron chi connectivity index (χ1n) is 5.35. The van der Waals surface area contributed by atoms with Gasteiger partial charge in [0.2, 0.25) is 0 Å². The highest BCUT2D eigenvalue weighted by atomic mass is 32.1. The van der Waals surface area contributed by atoms with Crippen molar-refractivity contribution < 1.29 is 0 Å². The maximum Gasteiger partial charge on any atom is 0.117 e. The number of benzene rings is 1. The van der Waals surface area contributed by atoms with Gasteiger partial charge < -0.3 is 0 Å². The molecule has 3 rings (SSSR count). The van der Waals surface area contributed by atoms with Crippen molar-refractivity contribution in [1.29, 1.82) is 0 Å². The minimum Gasteiger partial charge on any atom is -0.264 e. The fourth-order valence-corrected chi connectivity index (χ4v) is 2.47. The van der Waals surface area contributed by atoms with Crippen LogP contribution in [0.5, 0.6) is 0 Å². The van der Waals surface area contributed by atoms with Gasteiger partial charge in [0, 0.05) is 12.4 Å². The smallest absolute Gasteiger partial charge is 0.117 e. The van der Waals surface area contributed by atoms with Crippen molar-refractivity contribution in [2.45, 2.75) is 0 Å². The minimum atomic E-state index is 1.02. The lowest BCUT2D eigenvalue weighted by molar-refractivity contribution is 1.32. The van der Waals surface area contributed by atoms with E-state index < -0.39 is 0 Å². The van der Waals surface area contributed by atoms with E-state index in [4.69, 9.17) is 0 Å². The van der Waals surface area contributed by atoms with Gasteiger partial charge in [0.15, 0.2) is 0 Å². The van der Waals surface area contributed by atoms with Crippen LogP contribution in [0.15, 0.2) is 48.8 Å². The van der Waals surface area contributed by atoms with E-state index in [9.17, 15) is 0 Å². The van der Waals surface area contributed by atoms with Crippen LogP contribution < -0.4 is 0 Å². The number of para-hydroxylation sites is 1. The van der Waals surface area contributed by atoms with Crippen LogP contribution in [-0.2, 0) is 0 Å².